The molecular formula is C11H10O5. The molecule has 1 aromatic rings. The van der Waals surface area contributed by atoms with E-state index in [1.165, 1.54) is 12.1 Å². The van der Waals surface area contributed by atoms with Crippen LogP contribution in [0, 0.1) is 0 Å². The Morgan fingerprint density at radius 1 is 1.19 bits per heavy atom. The Balaban J connectivity index is 2.30. The molecule has 0 amide bonds. The summed E-state index contributed by atoms with van der Waals surface area (Å²) in [4.78, 5) is 22.5. The number of carbonyl (C=O) groups is 2. The molecule has 0 saturated carbocycles. The van der Waals surface area contributed by atoms with Crippen molar-refractivity contribution in [2.75, 3.05) is 20.3 Å². The molecular weight excluding hydrogens is 212 g/mol. The van der Waals surface area contributed by atoms with Crippen molar-refractivity contribution in [1.82, 2.24) is 0 Å². The third-order valence-electron chi connectivity index (χ3n) is 2.18. The van der Waals surface area contributed by atoms with E-state index in [0.29, 0.717) is 24.7 Å². The van der Waals surface area contributed by atoms with Gasteiger partial charge in [-0.3, -0.25) is 4.79 Å². The summed E-state index contributed by atoms with van der Waals surface area (Å²) in [7, 11) is 1.16. The van der Waals surface area contributed by atoms with Crippen LogP contribution < -0.4 is 9.47 Å². The van der Waals surface area contributed by atoms with Crippen LogP contribution in [0.1, 0.15) is 10.4 Å². The minimum absolute atomic E-state index is 0.233. The summed E-state index contributed by atoms with van der Waals surface area (Å²) in [6, 6.07) is 4.59. The largest absolute Gasteiger partial charge is 0.486 e. The van der Waals surface area contributed by atoms with E-state index in [1.54, 1.807) is 6.07 Å². The van der Waals surface area contributed by atoms with Crippen LogP contribution in [0.5, 0.6) is 11.5 Å². The van der Waals surface area contributed by atoms with Gasteiger partial charge in [0.25, 0.3) is 5.78 Å². The highest BCUT2D eigenvalue weighted by atomic mass is 16.6. The lowest BCUT2D eigenvalue weighted by Crippen LogP contribution is -2.18. The SMILES string of the molecule is COC(=O)C(=O)c1ccc2c(c1)OCCO2. The third-order valence-corrected chi connectivity index (χ3v) is 2.18. The second kappa shape index (κ2) is 4.22. The van der Waals surface area contributed by atoms with Crippen molar-refractivity contribution >= 4 is 11.8 Å². The molecule has 0 aromatic heterocycles. The molecule has 0 bridgehead atoms. The van der Waals surface area contributed by atoms with Gasteiger partial charge in [-0.1, -0.05) is 0 Å². The Labute approximate surface area is 91.9 Å². The number of carbonyl (C=O) groups excluding carboxylic acids is 2. The highest BCUT2D eigenvalue weighted by Crippen LogP contribution is 2.30. The first-order chi connectivity index (χ1) is 7.72. The molecule has 0 N–H and O–H groups in total. The van der Waals surface area contributed by atoms with Crippen LogP contribution in [0.4, 0.5) is 0 Å². The van der Waals surface area contributed by atoms with E-state index in [1.807, 2.05) is 0 Å². The summed E-state index contributed by atoms with van der Waals surface area (Å²) in [6.45, 7) is 0.917. The van der Waals surface area contributed by atoms with Crippen LogP contribution in [0.2, 0.25) is 0 Å². The van der Waals surface area contributed by atoms with Crippen LogP contribution in [-0.4, -0.2) is 32.1 Å². The van der Waals surface area contributed by atoms with Crippen LogP contribution in [0.25, 0.3) is 0 Å². The number of ether oxygens (including phenoxy) is 3. The fraction of sp³-hybridized carbons (Fsp3) is 0.273. The molecule has 2 rings (SSSR count). The lowest BCUT2D eigenvalue weighted by Gasteiger charge is -2.18. The van der Waals surface area contributed by atoms with Crippen molar-refractivity contribution in [3.05, 3.63) is 23.8 Å². The number of hydrogen-bond donors (Lipinski definition) is 0. The van der Waals surface area contributed by atoms with Gasteiger partial charge in [-0.15, -0.1) is 0 Å². The first-order valence-corrected chi connectivity index (χ1v) is 4.74. The van der Waals surface area contributed by atoms with Gasteiger partial charge in [-0.2, -0.15) is 0 Å². The van der Waals surface area contributed by atoms with E-state index in [4.69, 9.17) is 9.47 Å². The molecule has 0 fully saturated rings. The molecule has 1 aromatic carbocycles. The third kappa shape index (κ3) is 1.84. The first-order valence-electron chi connectivity index (χ1n) is 4.74. The molecule has 16 heavy (non-hydrogen) atoms. The maximum atomic E-state index is 11.5. The van der Waals surface area contributed by atoms with Crippen molar-refractivity contribution in [3.8, 4) is 11.5 Å². The maximum absolute atomic E-state index is 11.5. The van der Waals surface area contributed by atoms with E-state index < -0.39 is 11.8 Å². The standard InChI is InChI=1S/C11H10O5/c1-14-11(13)10(12)7-2-3-8-9(6-7)16-5-4-15-8/h2-3,6H,4-5H2,1H3. The molecule has 0 radical (unpaired) electrons. The van der Waals surface area contributed by atoms with Gasteiger partial charge in [0.2, 0.25) is 0 Å². The number of benzene rings is 1. The molecule has 5 nitrogen and oxygen atoms in total. The Morgan fingerprint density at radius 3 is 2.56 bits per heavy atom. The molecule has 1 aliphatic rings. The summed E-state index contributed by atoms with van der Waals surface area (Å²) >= 11 is 0. The topological polar surface area (TPSA) is 61.8 Å². The van der Waals surface area contributed by atoms with Gasteiger partial charge < -0.3 is 14.2 Å². The number of hydrogen-bond acceptors (Lipinski definition) is 5. The maximum Gasteiger partial charge on any atom is 0.379 e. The Morgan fingerprint density at radius 2 is 1.88 bits per heavy atom. The van der Waals surface area contributed by atoms with Gasteiger partial charge in [-0.25, -0.2) is 4.79 Å². The minimum Gasteiger partial charge on any atom is -0.486 e. The zero-order valence-electron chi connectivity index (χ0n) is 8.69. The molecule has 5 heteroatoms. The normalized spacial score (nSPS) is 13.1. The van der Waals surface area contributed by atoms with Gasteiger partial charge in [-0.05, 0) is 18.2 Å². The van der Waals surface area contributed by atoms with Crippen LogP contribution >= 0.6 is 0 Å². The summed E-state index contributed by atoms with van der Waals surface area (Å²) in [5.41, 5.74) is 0.233. The number of Topliss-reactive ketones (excluding diaryl/α,β-unsaturated/α-hetero) is 1. The van der Waals surface area contributed by atoms with Gasteiger partial charge in [0.15, 0.2) is 11.5 Å². The Bertz CT molecular complexity index is 438. The summed E-state index contributed by atoms with van der Waals surface area (Å²) in [5.74, 6) is -0.537. The Hall–Kier alpha value is -2.04. The number of ketones is 1. The number of esters is 1. The number of fused-ring (bicyclic) bond motifs is 1. The molecule has 0 saturated heterocycles. The van der Waals surface area contributed by atoms with E-state index in [0.717, 1.165) is 7.11 Å². The molecule has 0 spiro atoms. The molecule has 1 heterocycles. The monoisotopic (exact) mass is 222 g/mol. The quantitative estimate of drug-likeness (QED) is 0.421. The van der Waals surface area contributed by atoms with Crippen LogP contribution in [-0.2, 0) is 9.53 Å². The predicted molar refractivity (Wildman–Crippen MR) is 53.8 cm³/mol. The molecule has 1 aliphatic heterocycles. The van der Waals surface area contributed by atoms with Crippen molar-refractivity contribution in [1.29, 1.82) is 0 Å². The molecule has 0 atom stereocenters. The van der Waals surface area contributed by atoms with Crippen molar-refractivity contribution in [2.45, 2.75) is 0 Å². The van der Waals surface area contributed by atoms with E-state index in [2.05, 4.69) is 4.74 Å². The zero-order chi connectivity index (χ0) is 11.5. The average Bonchev–Trinajstić information content (AvgIpc) is 2.36. The van der Waals surface area contributed by atoms with Crippen LogP contribution in [0.3, 0.4) is 0 Å². The second-order valence-electron chi connectivity index (χ2n) is 3.18. The van der Waals surface area contributed by atoms with E-state index in [9.17, 15) is 9.59 Å². The Kier molecular flexibility index (Phi) is 2.76. The number of methoxy groups -OCH3 is 1. The lowest BCUT2D eigenvalue weighted by atomic mass is 10.1. The summed E-state index contributed by atoms with van der Waals surface area (Å²) < 4.78 is 14.9. The van der Waals surface area contributed by atoms with E-state index >= 15 is 0 Å². The fourth-order valence-electron chi connectivity index (χ4n) is 1.40. The van der Waals surface area contributed by atoms with Gasteiger partial charge in [0.1, 0.15) is 13.2 Å². The summed E-state index contributed by atoms with van der Waals surface area (Å²) in [6.07, 6.45) is 0. The first kappa shape index (κ1) is 10.5. The highest BCUT2D eigenvalue weighted by Gasteiger charge is 2.20. The smallest absolute Gasteiger partial charge is 0.379 e. The fourth-order valence-corrected chi connectivity index (χ4v) is 1.40. The summed E-state index contributed by atoms with van der Waals surface area (Å²) in [5, 5.41) is 0. The number of rotatable bonds is 2. The van der Waals surface area contributed by atoms with E-state index in [-0.39, 0.29) is 5.56 Å². The predicted octanol–water partition coefficient (Wildman–Crippen LogP) is 0.813. The molecule has 0 aliphatic carbocycles. The van der Waals surface area contributed by atoms with Gasteiger partial charge >= 0.3 is 5.97 Å². The zero-order valence-corrected chi connectivity index (χ0v) is 8.69. The highest BCUT2D eigenvalue weighted by molar-refractivity contribution is 6.40. The van der Waals surface area contributed by atoms with Gasteiger partial charge in [0, 0.05) is 5.56 Å². The van der Waals surface area contributed by atoms with Crippen LogP contribution in [0.15, 0.2) is 18.2 Å². The minimum atomic E-state index is -0.892. The molecule has 0 unspecified atom stereocenters. The van der Waals surface area contributed by atoms with Crippen molar-refractivity contribution in [3.63, 3.8) is 0 Å². The lowest BCUT2D eigenvalue weighted by molar-refractivity contribution is -0.135. The van der Waals surface area contributed by atoms with Crippen molar-refractivity contribution in [2.24, 2.45) is 0 Å². The molecule has 84 valence electrons. The second-order valence-corrected chi connectivity index (χ2v) is 3.18. The van der Waals surface area contributed by atoms with Crippen molar-refractivity contribution < 1.29 is 23.8 Å². The average molecular weight is 222 g/mol. The van der Waals surface area contributed by atoms with Gasteiger partial charge in [0.05, 0.1) is 7.11 Å².